The molecule has 2 aromatic heterocycles. The number of halogens is 1. The van der Waals surface area contributed by atoms with Gasteiger partial charge in [-0.05, 0) is 6.07 Å². The van der Waals surface area contributed by atoms with Crippen molar-refractivity contribution in [2.24, 2.45) is 0 Å². The van der Waals surface area contributed by atoms with E-state index in [0.29, 0.717) is 16.9 Å². The fourth-order valence-electron chi connectivity index (χ4n) is 1.68. The standard InChI is InChI=1S/C12H9N3O.ClH/c16-12-9-6-7-13-11(9)14-10(15-12)8-4-2-1-3-5-8;/h1-7H,(H2,13,14,15,16);1H. The first kappa shape index (κ1) is 11.4. The molecule has 3 aromatic rings. The molecule has 0 fully saturated rings. The third-order valence-corrected chi connectivity index (χ3v) is 2.47. The molecule has 0 aliphatic carbocycles. The largest absolute Gasteiger partial charge is 0.346 e. The van der Waals surface area contributed by atoms with Crippen LogP contribution in [0.5, 0.6) is 0 Å². The Labute approximate surface area is 103 Å². The first-order chi connectivity index (χ1) is 7.84. The topological polar surface area (TPSA) is 61.5 Å². The maximum absolute atomic E-state index is 11.7. The number of fused-ring (bicyclic) bond motifs is 1. The number of benzene rings is 1. The Kier molecular flexibility index (Phi) is 2.97. The molecule has 0 saturated carbocycles. The minimum atomic E-state index is -0.120. The minimum Gasteiger partial charge on any atom is -0.346 e. The quantitative estimate of drug-likeness (QED) is 0.693. The summed E-state index contributed by atoms with van der Waals surface area (Å²) in [6.45, 7) is 0. The number of hydrogen-bond acceptors (Lipinski definition) is 2. The first-order valence-electron chi connectivity index (χ1n) is 4.97. The summed E-state index contributed by atoms with van der Waals surface area (Å²) in [5.41, 5.74) is 1.39. The van der Waals surface area contributed by atoms with Gasteiger partial charge >= 0.3 is 0 Å². The zero-order chi connectivity index (χ0) is 11.0. The molecule has 4 nitrogen and oxygen atoms in total. The number of aromatic nitrogens is 3. The number of hydrogen-bond donors (Lipinski definition) is 2. The van der Waals surface area contributed by atoms with Crippen LogP contribution in [-0.2, 0) is 0 Å². The number of aromatic amines is 2. The second-order valence-corrected chi connectivity index (χ2v) is 3.52. The van der Waals surface area contributed by atoms with Crippen LogP contribution in [0.4, 0.5) is 0 Å². The Morgan fingerprint density at radius 2 is 1.82 bits per heavy atom. The molecule has 0 amide bonds. The third-order valence-electron chi connectivity index (χ3n) is 2.47. The van der Waals surface area contributed by atoms with Crippen LogP contribution < -0.4 is 5.56 Å². The summed E-state index contributed by atoms with van der Waals surface area (Å²) < 4.78 is 0. The van der Waals surface area contributed by atoms with Crippen LogP contribution in [0, 0.1) is 0 Å². The van der Waals surface area contributed by atoms with E-state index in [9.17, 15) is 4.79 Å². The summed E-state index contributed by atoms with van der Waals surface area (Å²) in [5.74, 6) is 0.584. The van der Waals surface area contributed by atoms with Gasteiger partial charge in [0, 0.05) is 11.8 Å². The Morgan fingerprint density at radius 1 is 1.06 bits per heavy atom. The van der Waals surface area contributed by atoms with E-state index in [1.807, 2.05) is 30.3 Å². The van der Waals surface area contributed by atoms with Gasteiger partial charge < -0.3 is 9.97 Å². The van der Waals surface area contributed by atoms with Gasteiger partial charge in [-0.1, -0.05) is 30.3 Å². The zero-order valence-corrected chi connectivity index (χ0v) is 9.62. The number of nitrogens with zero attached hydrogens (tertiary/aromatic N) is 1. The molecule has 1 aromatic carbocycles. The lowest BCUT2D eigenvalue weighted by molar-refractivity contribution is 1.17. The molecule has 17 heavy (non-hydrogen) atoms. The van der Waals surface area contributed by atoms with Crippen molar-refractivity contribution < 1.29 is 0 Å². The number of nitrogens with one attached hydrogen (secondary N) is 2. The van der Waals surface area contributed by atoms with E-state index in [1.54, 1.807) is 12.3 Å². The molecule has 0 saturated heterocycles. The summed E-state index contributed by atoms with van der Waals surface area (Å²) in [4.78, 5) is 21.8. The molecule has 86 valence electrons. The normalized spacial score (nSPS) is 10.1. The van der Waals surface area contributed by atoms with Gasteiger partial charge in [0.15, 0.2) is 0 Å². The van der Waals surface area contributed by atoms with E-state index in [-0.39, 0.29) is 18.0 Å². The highest BCUT2D eigenvalue weighted by Gasteiger charge is 2.05. The fraction of sp³-hybridized carbons (Fsp3) is 0. The molecule has 0 radical (unpaired) electrons. The molecular formula is C12H10ClN3O. The average molecular weight is 248 g/mol. The highest BCUT2D eigenvalue weighted by Crippen LogP contribution is 2.14. The first-order valence-corrected chi connectivity index (χ1v) is 4.97. The molecule has 0 aliphatic rings. The van der Waals surface area contributed by atoms with E-state index in [0.717, 1.165) is 5.56 Å². The van der Waals surface area contributed by atoms with Gasteiger partial charge in [-0.15, -0.1) is 12.4 Å². The van der Waals surface area contributed by atoms with Crippen molar-refractivity contribution in [3.63, 3.8) is 0 Å². The second-order valence-electron chi connectivity index (χ2n) is 3.52. The van der Waals surface area contributed by atoms with Crippen molar-refractivity contribution in [3.05, 3.63) is 52.9 Å². The Bertz CT molecular complexity index is 688. The number of H-pyrrole nitrogens is 2. The highest BCUT2D eigenvalue weighted by atomic mass is 35.5. The predicted octanol–water partition coefficient (Wildman–Crippen LogP) is 2.34. The van der Waals surface area contributed by atoms with Crippen molar-refractivity contribution >= 4 is 23.4 Å². The van der Waals surface area contributed by atoms with Crippen LogP contribution in [0.25, 0.3) is 22.4 Å². The Hall–Kier alpha value is -2.07. The molecule has 2 N–H and O–H groups in total. The maximum atomic E-state index is 11.7. The summed E-state index contributed by atoms with van der Waals surface area (Å²) in [7, 11) is 0. The number of rotatable bonds is 1. The van der Waals surface area contributed by atoms with Crippen LogP contribution in [0.3, 0.4) is 0 Å². The molecule has 0 aliphatic heterocycles. The smallest absolute Gasteiger partial charge is 0.260 e. The Balaban J connectivity index is 0.00000108. The van der Waals surface area contributed by atoms with Crippen LogP contribution >= 0.6 is 12.4 Å². The van der Waals surface area contributed by atoms with Crippen molar-refractivity contribution in [3.8, 4) is 11.4 Å². The van der Waals surface area contributed by atoms with Crippen molar-refractivity contribution in [1.29, 1.82) is 0 Å². The molecule has 5 heteroatoms. The third kappa shape index (κ3) is 1.94. The summed E-state index contributed by atoms with van der Waals surface area (Å²) in [6.07, 6.45) is 1.71. The molecule has 3 rings (SSSR count). The van der Waals surface area contributed by atoms with Gasteiger partial charge in [-0.2, -0.15) is 0 Å². The van der Waals surface area contributed by atoms with Crippen LogP contribution in [0.1, 0.15) is 0 Å². The van der Waals surface area contributed by atoms with Gasteiger partial charge in [0.1, 0.15) is 11.5 Å². The fourth-order valence-corrected chi connectivity index (χ4v) is 1.68. The van der Waals surface area contributed by atoms with E-state index < -0.39 is 0 Å². The minimum absolute atomic E-state index is 0. The van der Waals surface area contributed by atoms with E-state index in [2.05, 4.69) is 15.0 Å². The van der Waals surface area contributed by atoms with Crippen LogP contribution in [0.15, 0.2) is 47.4 Å². The van der Waals surface area contributed by atoms with Crippen LogP contribution in [-0.4, -0.2) is 15.0 Å². The van der Waals surface area contributed by atoms with Gasteiger partial charge in [0.05, 0.1) is 5.39 Å². The molecule has 0 spiro atoms. The maximum Gasteiger partial charge on any atom is 0.260 e. The van der Waals surface area contributed by atoms with Crippen LogP contribution in [0.2, 0.25) is 0 Å². The predicted molar refractivity (Wildman–Crippen MR) is 69.4 cm³/mol. The van der Waals surface area contributed by atoms with Crippen molar-refractivity contribution in [2.75, 3.05) is 0 Å². The summed E-state index contributed by atoms with van der Waals surface area (Å²) >= 11 is 0. The van der Waals surface area contributed by atoms with Gasteiger partial charge in [-0.3, -0.25) is 4.79 Å². The van der Waals surface area contributed by atoms with Crippen molar-refractivity contribution in [2.45, 2.75) is 0 Å². The molecule has 0 unspecified atom stereocenters. The lowest BCUT2D eigenvalue weighted by Crippen LogP contribution is -2.08. The van der Waals surface area contributed by atoms with E-state index in [1.165, 1.54) is 0 Å². The lowest BCUT2D eigenvalue weighted by atomic mass is 10.2. The summed E-state index contributed by atoms with van der Waals surface area (Å²) in [5, 5.41) is 0.583. The molecular weight excluding hydrogens is 238 g/mol. The average Bonchev–Trinajstić information content (AvgIpc) is 2.79. The zero-order valence-electron chi connectivity index (χ0n) is 8.81. The molecule has 0 bridgehead atoms. The molecule has 0 atom stereocenters. The monoisotopic (exact) mass is 247 g/mol. The lowest BCUT2D eigenvalue weighted by Gasteiger charge is -1.99. The second kappa shape index (κ2) is 4.43. The van der Waals surface area contributed by atoms with Gasteiger partial charge in [-0.25, -0.2) is 4.98 Å². The molecule has 2 heterocycles. The van der Waals surface area contributed by atoms with Crippen molar-refractivity contribution in [1.82, 2.24) is 15.0 Å². The van der Waals surface area contributed by atoms with E-state index >= 15 is 0 Å². The van der Waals surface area contributed by atoms with Gasteiger partial charge in [0.25, 0.3) is 5.56 Å². The highest BCUT2D eigenvalue weighted by molar-refractivity contribution is 5.85. The SMILES string of the molecule is Cl.O=c1[nH]c(-c2ccccc2)nc2[nH]ccc12. The Morgan fingerprint density at radius 3 is 2.59 bits per heavy atom. The summed E-state index contributed by atoms with van der Waals surface area (Å²) in [6, 6.07) is 11.3. The van der Waals surface area contributed by atoms with Gasteiger partial charge in [0.2, 0.25) is 0 Å². The van der Waals surface area contributed by atoms with E-state index in [4.69, 9.17) is 0 Å².